The van der Waals surface area contributed by atoms with Crippen LogP contribution in [0.2, 0.25) is 5.02 Å². The summed E-state index contributed by atoms with van der Waals surface area (Å²) in [5.41, 5.74) is 5.61. The number of aryl methyl sites for hydroxylation is 1. The number of nitrogens with one attached hydrogen (secondary N) is 1. The number of H-pyrrole nitrogens is 1. The first kappa shape index (κ1) is 19.3. The summed E-state index contributed by atoms with van der Waals surface area (Å²) in [6.07, 6.45) is 0. The van der Waals surface area contributed by atoms with Crippen molar-refractivity contribution in [3.05, 3.63) is 105 Å². The lowest BCUT2D eigenvalue weighted by atomic mass is 10.00. The Morgan fingerprint density at radius 1 is 0.931 bits per heavy atom. The minimum Gasteiger partial charge on any atom is -0.294 e. The Hall–Kier alpha value is -3.04. The third-order valence-corrected chi connectivity index (χ3v) is 5.71. The maximum Gasteiger partial charge on any atom is 0.275 e. The van der Waals surface area contributed by atoms with Crippen LogP contribution in [0.25, 0.3) is 22.4 Å². The predicted octanol–water partition coefficient (Wildman–Crippen LogP) is 6.28. The van der Waals surface area contributed by atoms with Crippen LogP contribution in [0.3, 0.4) is 0 Å². The van der Waals surface area contributed by atoms with Crippen LogP contribution in [0.15, 0.2) is 83.7 Å². The van der Waals surface area contributed by atoms with E-state index in [1.807, 2.05) is 79.7 Å². The van der Waals surface area contributed by atoms with Gasteiger partial charge in [-0.3, -0.25) is 14.6 Å². The van der Waals surface area contributed by atoms with Crippen molar-refractivity contribution in [3.8, 4) is 22.4 Å². The molecule has 3 aromatic carbocycles. The molecule has 0 bridgehead atoms. The van der Waals surface area contributed by atoms with Crippen molar-refractivity contribution in [1.29, 1.82) is 0 Å². The van der Waals surface area contributed by atoms with E-state index in [2.05, 4.69) is 18.1 Å². The molecule has 0 aliphatic carbocycles. The molecule has 1 unspecified atom stereocenters. The first-order valence-electron chi connectivity index (χ1n) is 9.74. The molecule has 1 heterocycles. The molecule has 4 heteroatoms. The van der Waals surface area contributed by atoms with Crippen LogP contribution in [0, 0.1) is 6.92 Å². The van der Waals surface area contributed by atoms with Gasteiger partial charge in [0.2, 0.25) is 0 Å². The molecule has 0 fully saturated rings. The number of hydrogen-bond acceptors (Lipinski definition) is 1. The minimum atomic E-state index is -0.0138. The third-order valence-electron chi connectivity index (χ3n) is 5.30. The molecule has 0 aliphatic heterocycles. The van der Waals surface area contributed by atoms with Gasteiger partial charge in [0.15, 0.2) is 0 Å². The summed E-state index contributed by atoms with van der Waals surface area (Å²) in [5, 5.41) is 4.12. The van der Waals surface area contributed by atoms with Crippen molar-refractivity contribution in [1.82, 2.24) is 9.78 Å². The molecule has 1 aromatic heterocycles. The second-order valence-corrected chi connectivity index (χ2v) is 7.83. The van der Waals surface area contributed by atoms with E-state index >= 15 is 0 Å². The van der Waals surface area contributed by atoms with E-state index in [1.54, 1.807) is 4.68 Å². The molecule has 1 N–H and O–H groups in total. The Bertz CT molecular complexity index is 1180. The van der Waals surface area contributed by atoms with Gasteiger partial charge in [-0.15, -0.1) is 0 Å². The molecule has 4 rings (SSSR count). The molecule has 3 nitrogen and oxygen atoms in total. The van der Waals surface area contributed by atoms with Gasteiger partial charge in [-0.05, 0) is 29.7 Å². The number of benzene rings is 3. The fourth-order valence-electron chi connectivity index (χ4n) is 3.59. The molecule has 4 aromatic rings. The molecule has 0 aliphatic rings. The summed E-state index contributed by atoms with van der Waals surface area (Å²) < 4.78 is 1.71. The second-order valence-electron chi connectivity index (χ2n) is 7.42. The normalized spacial score (nSPS) is 12.1. The molecule has 29 heavy (non-hydrogen) atoms. The summed E-state index contributed by atoms with van der Waals surface area (Å²) in [6.45, 7) is 4.65. The van der Waals surface area contributed by atoms with Gasteiger partial charge >= 0.3 is 0 Å². The predicted molar refractivity (Wildman–Crippen MR) is 121 cm³/mol. The first-order chi connectivity index (χ1) is 14.0. The summed E-state index contributed by atoms with van der Waals surface area (Å²) in [4.78, 5) is 13.4. The second kappa shape index (κ2) is 8.14. The van der Waals surface area contributed by atoms with Gasteiger partial charge in [-0.1, -0.05) is 91.3 Å². The third kappa shape index (κ3) is 3.92. The van der Waals surface area contributed by atoms with E-state index < -0.39 is 0 Å². The zero-order valence-corrected chi connectivity index (χ0v) is 17.3. The minimum absolute atomic E-state index is 0.0138. The molecular weight excluding hydrogens is 380 g/mol. The lowest BCUT2D eigenvalue weighted by Crippen LogP contribution is -2.20. The molecule has 1 atom stereocenters. The zero-order chi connectivity index (χ0) is 20.4. The fourth-order valence-corrected chi connectivity index (χ4v) is 3.78. The van der Waals surface area contributed by atoms with E-state index in [0.717, 1.165) is 33.0 Å². The van der Waals surface area contributed by atoms with Crippen LogP contribution in [0.1, 0.15) is 24.0 Å². The number of rotatable bonds is 5. The van der Waals surface area contributed by atoms with Gasteiger partial charge < -0.3 is 0 Å². The quantitative estimate of drug-likeness (QED) is 0.419. The van der Waals surface area contributed by atoms with E-state index in [0.29, 0.717) is 12.1 Å². The van der Waals surface area contributed by atoms with E-state index in [-0.39, 0.29) is 11.5 Å². The van der Waals surface area contributed by atoms with Crippen molar-refractivity contribution in [3.63, 3.8) is 0 Å². The molecular formula is C25H23ClN2O. The summed E-state index contributed by atoms with van der Waals surface area (Å²) in [6, 6.07) is 25.9. The molecule has 0 saturated heterocycles. The molecule has 0 amide bonds. The van der Waals surface area contributed by atoms with Crippen LogP contribution >= 0.6 is 11.6 Å². The zero-order valence-electron chi connectivity index (χ0n) is 16.5. The average molecular weight is 403 g/mol. The Kier molecular flexibility index (Phi) is 5.41. The maximum atomic E-state index is 13.4. The van der Waals surface area contributed by atoms with Crippen molar-refractivity contribution >= 4 is 11.6 Å². The fraction of sp³-hybridized carbons (Fsp3) is 0.160. The lowest BCUT2D eigenvalue weighted by Gasteiger charge is -2.13. The average Bonchev–Trinajstić information content (AvgIpc) is 3.07. The summed E-state index contributed by atoms with van der Waals surface area (Å²) in [5.74, 6) is 0.136. The SMILES string of the molecule is Cc1ccc(C(C)Cn2[nH]c(-c3ccccc3)c(-c3ccccc3)c2=O)cc1Cl. The summed E-state index contributed by atoms with van der Waals surface area (Å²) in [7, 11) is 0. The number of hydrogen-bond donors (Lipinski definition) is 1. The number of halogens is 1. The van der Waals surface area contributed by atoms with E-state index in [4.69, 9.17) is 11.6 Å². The van der Waals surface area contributed by atoms with Crippen molar-refractivity contribution in [2.24, 2.45) is 0 Å². The maximum absolute atomic E-state index is 13.4. The van der Waals surface area contributed by atoms with Crippen LogP contribution in [0.5, 0.6) is 0 Å². The Morgan fingerprint density at radius 3 is 2.17 bits per heavy atom. The van der Waals surface area contributed by atoms with Crippen LogP contribution in [-0.2, 0) is 6.54 Å². The van der Waals surface area contributed by atoms with Gasteiger partial charge in [0.25, 0.3) is 5.56 Å². The van der Waals surface area contributed by atoms with Crippen molar-refractivity contribution in [2.75, 3.05) is 0 Å². The highest BCUT2D eigenvalue weighted by Gasteiger charge is 2.19. The smallest absolute Gasteiger partial charge is 0.275 e. The standard InChI is InChI=1S/C25H23ClN2O/c1-17-13-14-21(15-22(17)26)18(2)16-28-25(29)23(19-9-5-3-6-10-19)24(27-28)20-11-7-4-8-12-20/h3-15,18,27H,16H2,1-2H3. The highest BCUT2D eigenvalue weighted by molar-refractivity contribution is 6.31. The topological polar surface area (TPSA) is 37.8 Å². The Morgan fingerprint density at radius 2 is 1.55 bits per heavy atom. The monoisotopic (exact) mass is 402 g/mol. The van der Waals surface area contributed by atoms with Crippen LogP contribution in [-0.4, -0.2) is 9.78 Å². The van der Waals surface area contributed by atoms with Gasteiger partial charge in [0.05, 0.1) is 11.3 Å². The lowest BCUT2D eigenvalue weighted by molar-refractivity contribution is 0.531. The summed E-state index contributed by atoms with van der Waals surface area (Å²) >= 11 is 6.31. The number of aromatic amines is 1. The molecule has 0 radical (unpaired) electrons. The van der Waals surface area contributed by atoms with Gasteiger partial charge in [-0.2, -0.15) is 0 Å². The highest BCUT2D eigenvalue weighted by Crippen LogP contribution is 2.29. The number of nitrogens with zero attached hydrogens (tertiary/aromatic N) is 1. The van der Waals surface area contributed by atoms with Crippen molar-refractivity contribution < 1.29 is 0 Å². The van der Waals surface area contributed by atoms with E-state index in [9.17, 15) is 4.79 Å². The van der Waals surface area contributed by atoms with Crippen LogP contribution in [0.4, 0.5) is 0 Å². The van der Waals surface area contributed by atoms with Gasteiger partial charge in [-0.25, -0.2) is 0 Å². The molecule has 0 saturated carbocycles. The number of aromatic nitrogens is 2. The Balaban J connectivity index is 1.77. The van der Waals surface area contributed by atoms with Crippen LogP contribution < -0.4 is 5.56 Å². The van der Waals surface area contributed by atoms with Crippen molar-refractivity contribution in [2.45, 2.75) is 26.3 Å². The molecule has 0 spiro atoms. The van der Waals surface area contributed by atoms with Gasteiger partial charge in [0.1, 0.15) is 0 Å². The largest absolute Gasteiger partial charge is 0.294 e. The van der Waals surface area contributed by atoms with Gasteiger partial charge in [0, 0.05) is 23.0 Å². The molecule has 146 valence electrons. The highest BCUT2D eigenvalue weighted by atomic mass is 35.5. The first-order valence-corrected chi connectivity index (χ1v) is 10.1. The Labute approximate surface area is 175 Å². The van der Waals surface area contributed by atoms with E-state index in [1.165, 1.54) is 0 Å².